The molecule has 2 fully saturated rings. The zero-order valence-electron chi connectivity index (χ0n) is 53.2. The molecule has 0 unspecified atom stereocenters. The summed E-state index contributed by atoms with van der Waals surface area (Å²) in [7, 11) is 0. The number of alkyl carbamates (subject to hydrolysis) is 2. The highest BCUT2D eigenvalue weighted by Crippen LogP contribution is 2.29. The van der Waals surface area contributed by atoms with E-state index >= 15 is 0 Å². The van der Waals surface area contributed by atoms with Gasteiger partial charge in [0, 0.05) is 86.1 Å². The summed E-state index contributed by atoms with van der Waals surface area (Å²) in [5, 5.41) is 24.5. The number of esters is 1. The van der Waals surface area contributed by atoms with Gasteiger partial charge in [-0.15, -0.1) is 23.5 Å². The predicted octanol–water partition coefficient (Wildman–Crippen LogP) is 9.82. The lowest BCUT2D eigenvalue weighted by Gasteiger charge is -2.27. The number of nitrogens with zero attached hydrogens (tertiary/aromatic N) is 2. The molecule has 0 spiro atoms. The van der Waals surface area contributed by atoms with Crippen molar-refractivity contribution in [3.63, 3.8) is 0 Å². The first-order chi connectivity index (χ1) is 43.1. The Bertz CT molecular complexity index is 3230. The number of carboxylic acid groups (broad SMARTS) is 1. The zero-order valence-corrected chi connectivity index (χ0v) is 54.9. The van der Waals surface area contributed by atoms with E-state index in [0.717, 1.165) is 11.1 Å². The first kappa shape index (κ1) is 74.8. The maximum absolute atomic E-state index is 14.5. The van der Waals surface area contributed by atoms with E-state index < -0.39 is 123 Å². The van der Waals surface area contributed by atoms with E-state index in [1.54, 1.807) is 111 Å². The lowest BCUT2D eigenvalue weighted by molar-refractivity contribution is -0.145. The number of hydrogen-bond donors (Lipinski definition) is 7. The Morgan fingerprint density at radius 3 is 1.25 bits per heavy atom. The van der Waals surface area contributed by atoms with Gasteiger partial charge in [-0.05, 0) is 132 Å². The van der Waals surface area contributed by atoms with Crippen molar-refractivity contribution in [3.8, 4) is 0 Å². The minimum Gasteiger partial charge on any atom is -0.480 e. The molecule has 0 saturated carbocycles. The van der Waals surface area contributed by atoms with E-state index in [9.17, 15) is 69.8 Å². The summed E-state index contributed by atoms with van der Waals surface area (Å²) in [6, 6.07) is 12.9. The minimum absolute atomic E-state index is 0.00183. The van der Waals surface area contributed by atoms with E-state index in [4.69, 9.17) is 14.2 Å². The van der Waals surface area contributed by atoms with Crippen molar-refractivity contribution in [1.82, 2.24) is 31.1 Å². The average molecular weight is 1330 g/mol. The number of carbonyl (C=O) groups is 8. The Kier molecular flexibility index (Phi) is 27.8. The lowest BCUT2D eigenvalue weighted by Crippen LogP contribution is -2.48. The van der Waals surface area contributed by atoms with Gasteiger partial charge in [-0.1, -0.05) is 52.0 Å². The maximum Gasteiger partial charge on any atom is 0.407 e. The molecule has 6 rings (SSSR count). The fourth-order valence-electron chi connectivity index (χ4n) is 9.40. The third-order valence-corrected chi connectivity index (χ3v) is 16.3. The molecule has 20 nitrogen and oxygen atoms in total. The van der Waals surface area contributed by atoms with Crippen molar-refractivity contribution in [2.45, 2.75) is 161 Å². The molecule has 2 aliphatic heterocycles. The predicted molar refractivity (Wildman–Crippen MR) is 337 cm³/mol. The summed E-state index contributed by atoms with van der Waals surface area (Å²) in [4.78, 5) is 105. The van der Waals surface area contributed by atoms with Gasteiger partial charge in [-0.25, -0.2) is 45.5 Å². The highest BCUT2D eigenvalue weighted by atomic mass is 32.2. The molecule has 0 aliphatic carbocycles. The molecule has 6 amide bonds. The van der Waals surface area contributed by atoms with Crippen LogP contribution in [0.3, 0.4) is 0 Å². The molecule has 0 radical (unpaired) electrons. The van der Waals surface area contributed by atoms with Crippen LogP contribution in [-0.4, -0.2) is 140 Å². The van der Waals surface area contributed by atoms with Gasteiger partial charge in [0.1, 0.15) is 34.9 Å². The Morgan fingerprint density at radius 2 is 0.913 bits per heavy atom. The van der Waals surface area contributed by atoms with Gasteiger partial charge in [0.05, 0.1) is 6.61 Å². The second-order valence-electron chi connectivity index (χ2n) is 24.5. The molecule has 7 N–H and O–H groups in total. The zero-order chi connectivity index (χ0) is 68.4. The molecule has 6 atom stereocenters. The number of nitrogens with one attached hydrogen (secondary N) is 6. The van der Waals surface area contributed by atoms with Crippen LogP contribution in [0.15, 0.2) is 72.8 Å². The van der Waals surface area contributed by atoms with Crippen LogP contribution in [0.1, 0.15) is 111 Å². The van der Waals surface area contributed by atoms with Crippen molar-refractivity contribution in [2.75, 3.05) is 41.8 Å². The fraction of sp³-hybridized carbons (Fsp3) is 0.500. The second-order valence-corrected chi connectivity index (χ2v) is 26.9. The molecule has 0 bridgehead atoms. The van der Waals surface area contributed by atoms with Crippen LogP contribution >= 0.6 is 23.5 Å². The van der Waals surface area contributed by atoms with E-state index in [-0.39, 0.29) is 87.4 Å². The van der Waals surface area contributed by atoms with Gasteiger partial charge in [-0.2, -0.15) is 0 Å². The Hall–Kier alpha value is -7.88. The van der Waals surface area contributed by atoms with E-state index in [1.165, 1.54) is 33.3 Å². The smallest absolute Gasteiger partial charge is 0.407 e. The van der Waals surface area contributed by atoms with Crippen molar-refractivity contribution in [2.24, 2.45) is 11.8 Å². The largest absolute Gasteiger partial charge is 0.480 e. The van der Waals surface area contributed by atoms with Crippen LogP contribution in [-0.2, 0) is 68.9 Å². The third kappa shape index (κ3) is 23.7. The number of anilines is 2. The number of aliphatic carboxylic acids is 1. The van der Waals surface area contributed by atoms with E-state index in [2.05, 4.69) is 31.9 Å². The second kappa shape index (κ2) is 34.1. The number of thioether (sulfide) groups is 2. The van der Waals surface area contributed by atoms with Crippen molar-refractivity contribution in [1.29, 1.82) is 0 Å². The maximum atomic E-state index is 14.5. The Labute approximate surface area is 540 Å². The topological polar surface area (TPSA) is 263 Å². The molecule has 504 valence electrons. The van der Waals surface area contributed by atoms with Crippen molar-refractivity contribution < 1.29 is 84.0 Å². The Morgan fingerprint density at radius 1 is 0.554 bits per heavy atom. The van der Waals surface area contributed by atoms with Gasteiger partial charge < -0.3 is 61.0 Å². The molecule has 2 aliphatic rings. The van der Waals surface area contributed by atoms with E-state index in [0.29, 0.717) is 47.1 Å². The SMILES string of the molecule is CC(C)[C@@H](Nc1ccc(CNC(=O)[C@@H]2SCCN2C(=O)C[C@@H](Cc2cc(F)c(F)cc2F)NC(=O)OC(C)(C)C)cc1)C(=O)O.CCOC(=O)[C@H](Nc1ccc(CNC(=O)[C@@H]2SCCN2C(=O)C[C@@H](Cc2cc(F)c(F)cc2F)NC(=O)OC(C)(C)C)cc1)C(C)C. The highest BCUT2D eigenvalue weighted by molar-refractivity contribution is 8.01. The highest BCUT2D eigenvalue weighted by Gasteiger charge is 2.38. The van der Waals surface area contributed by atoms with Crippen molar-refractivity contribution >= 4 is 82.7 Å². The van der Waals surface area contributed by atoms with Crippen LogP contribution in [0.4, 0.5) is 47.3 Å². The number of benzene rings is 4. The summed E-state index contributed by atoms with van der Waals surface area (Å²) >= 11 is 2.54. The molecule has 2 heterocycles. The fourth-order valence-corrected chi connectivity index (χ4v) is 11.7. The Balaban J connectivity index is 0.000000334. The van der Waals surface area contributed by atoms with Crippen molar-refractivity contribution in [3.05, 3.63) is 130 Å². The number of halogens is 6. The monoisotopic (exact) mass is 1330 g/mol. The average Bonchev–Trinajstić information content (AvgIpc) is 1.54. The molecule has 92 heavy (non-hydrogen) atoms. The molecule has 0 aromatic heterocycles. The number of carbonyl (C=O) groups excluding carboxylic acids is 7. The first-order valence-electron chi connectivity index (χ1n) is 29.9. The summed E-state index contributed by atoms with van der Waals surface area (Å²) in [6.07, 6.45) is -3.11. The van der Waals surface area contributed by atoms with Crippen LogP contribution in [0, 0.1) is 46.7 Å². The van der Waals surface area contributed by atoms with Gasteiger partial charge in [-0.3, -0.25) is 19.2 Å². The van der Waals surface area contributed by atoms with Gasteiger partial charge in [0.2, 0.25) is 11.8 Å². The quantitative estimate of drug-likeness (QED) is 0.0141. The van der Waals surface area contributed by atoms with Crippen LogP contribution in [0.2, 0.25) is 0 Å². The van der Waals surface area contributed by atoms with Gasteiger partial charge in [0.25, 0.3) is 11.8 Å². The first-order valence-corrected chi connectivity index (χ1v) is 31.9. The summed E-state index contributed by atoms with van der Waals surface area (Å²) in [6.45, 7) is 20.2. The number of carboxylic acids is 1. The summed E-state index contributed by atoms with van der Waals surface area (Å²) in [5.41, 5.74) is 0.670. The van der Waals surface area contributed by atoms with E-state index in [1.807, 2.05) is 13.8 Å². The van der Waals surface area contributed by atoms with Gasteiger partial charge in [0.15, 0.2) is 34.0 Å². The summed E-state index contributed by atoms with van der Waals surface area (Å²) in [5.74, 6) is -9.58. The number of rotatable bonds is 25. The number of amides is 6. The standard InChI is InChI=1S/C33H43F3N4O6S.C31H39F3N4O6S/c1-7-45-31(43)28(19(2)3)38-22-10-8-20(9-11-22)18-37-29(42)30-40(12-13-47-30)27(41)16-23(39-32(44)46-33(4,5)6)14-21-15-25(35)26(36)17-24(21)34;1-17(2)26(29(41)42)36-20-8-6-18(7-9-20)16-35-27(40)28-38(10-11-45-28)25(39)14-21(37-30(43)44-31(3,4)5)12-19-13-23(33)24(34)15-22(19)32/h8-11,15,17,19,23,28,30,38H,7,12-14,16,18H2,1-6H3,(H,37,42)(H,39,44);6-9,13,15,17,21,26,28,36H,10-12,14,16H2,1-5H3,(H,35,40)(H,37,43)(H,41,42)/t23-,28-,30+;21-,26-,28+/m11/s1. The number of ether oxygens (including phenoxy) is 3. The van der Waals surface area contributed by atoms with Crippen LogP contribution in [0.25, 0.3) is 0 Å². The molecular formula is C64H82F6N8O12S2. The molecule has 4 aromatic rings. The van der Waals surface area contributed by atoms with Gasteiger partial charge >= 0.3 is 24.1 Å². The lowest BCUT2D eigenvalue weighted by atomic mass is 10.0. The molecule has 28 heteroatoms. The molecular weight excluding hydrogens is 1250 g/mol. The normalized spacial score (nSPS) is 16.1. The minimum atomic E-state index is -1.36. The molecule has 2 saturated heterocycles. The molecule has 4 aromatic carbocycles. The third-order valence-electron chi connectivity index (χ3n) is 13.9. The summed E-state index contributed by atoms with van der Waals surface area (Å²) < 4.78 is 99.4. The number of hydrogen-bond acceptors (Lipinski definition) is 15. The van der Waals surface area contributed by atoms with Crippen LogP contribution < -0.4 is 31.9 Å². The van der Waals surface area contributed by atoms with Crippen LogP contribution in [0.5, 0.6) is 0 Å².